The van der Waals surface area contributed by atoms with Gasteiger partial charge in [0.2, 0.25) is 0 Å². The number of carbonyl (C=O) groups is 2. The van der Waals surface area contributed by atoms with Gasteiger partial charge in [-0.15, -0.1) is 0 Å². The number of nitrogens with one attached hydrogen (secondary N) is 2. The molecule has 0 atom stereocenters. The highest BCUT2D eigenvalue weighted by atomic mass is 79.9. The Morgan fingerprint density at radius 2 is 2.10 bits per heavy atom. The predicted molar refractivity (Wildman–Crippen MR) is 87.5 cm³/mol. The van der Waals surface area contributed by atoms with Gasteiger partial charge in [0.15, 0.2) is 5.78 Å². The number of nitrogens with two attached hydrogens (primary N) is 1. The Hall–Kier alpha value is -1.92. The molecule has 0 aliphatic rings. The number of hydrogen-bond acceptors (Lipinski definition) is 3. The molecule has 0 saturated heterocycles. The van der Waals surface area contributed by atoms with Crippen molar-refractivity contribution in [3.8, 4) is 0 Å². The fraction of sp³-hybridized carbons (Fsp3) is 0.200. The van der Waals surface area contributed by atoms with Crippen LogP contribution in [0, 0.1) is 13.8 Å². The van der Waals surface area contributed by atoms with Crippen LogP contribution >= 0.6 is 15.9 Å². The Bertz CT molecular complexity index is 627. The first-order chi connectivity index (χ1) is 9.97. The van der Waals surface area contributed by atoms with Gasteiger partial charge < -0.3 is 4.98 Å². The quantitative estimate of drug-likeness (QED) is 0.140. The summed E-state index contributed by atoms with van der Waals surface area (Å²) >= 11 is 3.27. The summed E-state index contributed by atoms with van der Waals surface area (Å²) in [4.78, 5) is 27.1. The zero-order valence-corrected chi connectivity index (χ0v) is 13.6. The lowest BCUT2D eigenvalue weighted by atomic mass is 9.99. The lowest BCUT2D eigenvalue weighted by Crippen LogP contribution is -2.30. The van der Waals surface area contributed by atoms with Gasteiger partial charge in [0.05, 0.1) is 0 Å². The standard InChI is InChI=1S/C15H18BrN3O2/c1-4-11(7-5-6-8-16)14(20)12-9(2)13(15(21)19-17)18-10(12)3/h4-7,18H,1,8,17H2,2-3H3,(H,19,21)/b6-5-,11-7+. The van der Waals surface area contributed by atoms with Gasteiger partial charge in [-0.05, 0) is 19.4 Å². The summed E-state index contributed by atoms with van der Waals surface area (Å²) < 4.78 is 0. The van der Waals surface area contributed by atoms with Crippen LogP contribution in [0.4, 0.5) is 0 Å². The third kappa shape index (κ3) is 3.80. The van der Waals surface area contributed by atoms with Crippen molar-refractivity contribution in [2.45, 2.75) is 13.8 Å². The average Bonchev–Trinajstić information content (AvgIpc) is 2.77. The summed E-state index contributed by atoms with van der Waals surface area (Å²) in [6.45, 7) is 7.10. The molecule has 1 heterocycles. The molecule has 0 aliphatic carbocycles. The molecule has 112 valence electrons. The molecule has 0 unspecified atom stereocenters. The number of H-pyrrole nitrogens is 1. The zero-order valence-electron chi connectivity index (χ0n) is 12.0. The van der Waals surface area contributed by atoms with E-state index in [1.807, 2.05) is 6.08 Å². The van der Waals surface area contributed by atoms with Crippen LogP contribution < -0.4 is 11.3 Å². The molecule has 6 heteroatoms. The molecule has 0 bridgehead atoms. The number of aromatic amines is 1. The van der Waals surface area contributed by atoms with E-state index in [1.165, 1.54) is 6.08 Å². The van der Waals surface area contributed by atoms with E-state index in [0.717, 1.165) is 0 Å². The number of aryl methyl sites for hydroxylation is 1. The van der Waals surface area contributed by atoms with Gasteiger partial charge in [-0.25, -0.2) is 5.84 Å². The summed E-state index contributed by atoms with van der Waals surface area (Å²) in [5, 5.41) is 0.700. The summed E-state index contributed by atoms with van der Waals surface area (Å²) in [6, 6.07) is 0. The van der Waals surface area contributed by atoms with E-state index >= 15 is 0 Å². The molecule has 1 rings (SSSR count). The lowest BCUT2D eigenvalue weighted by molar-refractivity contribution is 0.0948. The molecule has 0 saturated carbocycles. The molecule has 0 aromatic carbocycles. The number of hydrazine groups is 1. The fourth-order valence-electron chi connectivity index (χ4n) is 1.99. The van der Waals surface area contributed by atoms with Crippen molar-refractivity contribution < 1.29 is 9.59 Å². The Morgan fingerprint density at radius 3 is 2.62 bits per heavy atom. The minimum absolute atomic E-state index is 0.188. The number of halogens is 1. The number of amides is 1. The van der Waals surface area contributed by atoms with Crippen molar-refractivity contribution in [3.63, 3.8) is 0 Å². The highest BCUT2D eigenvalue weighted by Crippen LogP contribution is 2.21. The summed E-state index contributed by atoms with van der Waals surface area (Å²) in [5.74, 6) is 4.48. The third-order valence-corrected chi connectivity index (χ3v) is 3.38. The number of hydrogen-bond donors (Lipinski definition) is 3. The smallest absolute Gasteiger partial charge is 0.281 e. The van der Waals surface area contributed by atoms with E-state index in [1.54, 1.807) is 26.0 Å². The van der Waals surface area contributed by atoms with Gasteiger partial charge in [-0.3, -0.25) is 15.0 Å². The number of ketones is 1. The topological polar surface area (TPSA) is 88.0 Å². The van der Waals surface area contributed by atoms with E-state index in [9.17, 15) is 9.59 Å². The maximum atomic E-state index is 12.6. The van der Waals surface area contributed by atoms with E-state index in [2.05, 4.69) is 32.9 Å². The second kappa shape index (κ2) is 7.75. The van der Waals surface area contributed by atoms with Gasteiger partial charge >= 0.3 is 0 Å². The average molecular weight is 352 g/mol. The van der Waals surface area contributed by atoms with Crippen LogP contribution in [0.3, 0.4) is 0 Å². The van der Waals surface area contributed by atoms with Crippen molar-refractivity contribution in [2.75, 3.05) is 5.33 Å². The minimum Gasteiger partial charge on any atom is -0.354 e. The van der Waals surface area contributed by atoms with Crippen molar-refractivity contribution in [3.05, 3.63) is 59.0 Å². The van der Waals surface area contributed by atoms with Crippen LogP contribution in [0.2, 0.25) is 0 Å². The molecule has 0 radical (unpaired) electrons. The number of carbonyl (C=O) groups excluding carboxylic acids is 2. The van der Waals surface area contributed by atoms with E-state index in [4.69, 9.17) is 5.84 Å². The molecule has 21 heavy (non-hydrogen) atoms. The maximum absolute atomic E-state index is 12.6. The second-order valence-electron chi connectivity index (χ2n) is 4.34. The predicted octanol–water partition coefficient (Wildman–Crippen LogP) is 2.48. The Balaban J connectivity index is 3.27. The largest absolute Gasteiger partial charge is 0.354 e. The summed E-state index contributed by atoms with van der Waals surface area (Å²) in [6.07, 6.45) is 6.82. The zero-order chi connectivity index (χ0) is 16.0. The van der Waals surface area contributed by atoms with Crippen LogP contribution in [0.1, 0.15) is 32.1 Å². The van der Waals surface area contributed by atoms with Gasteiger partial charge in [-0.2, -0.15) is 0 Å². The number of aromatic nitrogens is 1. The van der Waals surface area contributed by atoms with Crippen molar-refractivity contribution in [1.82, 2.24) is 10.4 Å². The molecular weight excluding hydrogens is 334 g/mol. The van der Waals surface area contributed by atoms with Gasteiger partial charge in [0.25, 0.3) is 5.91 Å². The molecular formula is C15H18BrN3O2. The van der Waals surface area contributed by atoms with Crippen molar-refractivity contribution in [2.24, 2.45) is 5.84 Å². The van der Waals surface area contributed by atoms with E-state index < -0.39 is 5.91 Å². The van der Waals surface area contributed by atoms with Crippen LogP contribution in [0.15, 0.2) is 36.5 Å². The monoisotopic (exact) mass is 351 g/mol. The van der Waals surface area contributed by atoms with Crippen LogP contribution in [-0.4, -0.2) is 22.0 Å². The van der Waals surface area contributed by atoms with E-state index in [-0.39, 0.29) is 11.5 Å². The first-order valence-electron chi connectivity index (χ1n) is 6.27. The van der Waals surface area contributed by atoms with Crippen molar-refractivity contribution >= 4 is 27.6 Å². The van der Waals surface area contributed by atoms with Crippen LogP contribution in [0.25, 0.3) is 0 Å². The van der Waals surface area contributed by atoms with Gasteiger partial charge in [-0.1, -0.05) is 46.8 Å². The van der Waals surface area contributed by atoms with Crippen LogP contribution in [-0.2, 0) is 0 Å². The first-order valence-corrected chi connectivity index (χ1v) is 7.40. The van der Waals surface area contributed by atoms with Gasteiger partial charge in [0.1, 0.15) is 5.69 Å². The normalized spacial score (nSPS) is 11.7. The highest BCUT2D eigenvalue weighted by molar-refractivity contribution is 9.09. The number of rotatable bonds is 6. The first kappa shape index (κ1) is 17.1. The molecule has 0 fully saturated rings. The number of Topliss-reactive ketones (excluding diaryl/α,β-unsaturated/α-hetero) is 1. The molecule has 1 amide bonds. The molecule has 1 aromatic rings. The highest BCUT2D eigenvalue weighted by Gasteiger charge is 2.22. The maximum Gasteiger partial charge on any atom is 0.281 e. The molecule has 5 nitrogen and oxygen atoms in total. The Labute approximate surface area is 132 Å². The molecule has 0 aliphatic heterocycles. The molecule has 1 aromatic heterocycles. The summed E-state index contributed by atoms with van der Waals surface area (Å²) in [7, 11) is 0. The number of allylic oxidation sites excluding steroid dienone is 5. The Morgan fingerprint density at radius 1 is 1.43 bits per heavy atom. The SMILES string of the molecule is C=C/C(=C\C=C/CBr)C(=O)c1c(C)[nH]c(C(=O)NN)c1C. The molecule has 0 spiro atoms. The number of nitrogen functional groups attached to an aromatic ring is 1. The summed E-state index contributed by atoms with van der Waals surface area (Å²) in [5.41, 5.74) is 4.45. The molecule has 4 N–H and O–H groups in total. The third-order valence-electron chi connectivity index (χ3n) is 3.01. The van der Waals surface area contributed by atoms with E-state index in [0.29, 0.717) is 27.7 Å². The number of alkyl halides is 1. The fourth-order valence-corrected chi connectivity index (χ4v) is 2.21. The van der Waals surface area contributed by atoms with Crippen LogP contribution in [0.5, 0.6) is 0 Å². The van der Waals surface area contributed by atoms with Crippen molar-refractivity contribution in [1.29, 1.82) is 0 Å². The second-order valence-corrected chi connectivity index (χ2v) is 4.98. The Kier molecular flexibility index (Phi) is 6.33. The van der Waals surface area contributed by atoms with Gasteiger partial charge in [0, 0.05) is 22.2 Å². The minimum atomic E-state index is -0.460. The lowest BCUT2D eigenvalue weighted by Gasteiger charge is -2.03.